The minimum atomic E-state index is -0.355. The molecule has 0 amide bonds. The summed E-state index contributed by atoms with van der Waals surface area (Å²) in [6.07, 6.45) is 8.52. The number of carbonyl (C=O) groups is 1. The molecule has 6 heteroatoms. The van der Waals surface area contributed by atoms with Crippen LogP contribution < -0.4 is 10.2 Å². The van der Waals surface area contributed by atoms with Crippen LogP contribution in [0.15, 0.2) is 55.0 Å². The zero-order chi connectivity index (χ0) is 21.8. The van der Waals surface area contributed by atoms with Gasteiger partial charge in [0.15, 0.2) is 0 Å². The van der Waals surface area contributed by atoms with Crippen molar-refractivity contribution in [3.8, 4) is 0 Å². The number of anilines is 3. The van der Waals surface area contributed by atoms with E-state index in [0.29, 0.717) is 17.2 Å². The number of aromatic nitrogens is 2. The van der Waals surface area contributed by atoms with Crippen LogP contribution in [0.5, 0.6) is 0 Å². The largest absolute Gasteiger partial charge is 0.465 e. The number of methoxy groups -OCH3 is 1. The third-order valence-corrected chi connectivity index (χ3v) is 5.96. The fourth-order valence-electron chi connectivity index (χ4n) is 4.17. The summed E-state index contributed by atoms with van der Waals surface area (Å²) in [6.45, 7) is 2.79. The van der Waals surface area contributed by atoms with Crippen LogP contribution in [-0.4, -0.2) is 36.6 Å². The number of ether oxygens (including phenoxy) is 1. The van der Waals surface area contributed by atoms with Gasteiger partial charge in [-0.25, -0.2) is 9.78 Å². The van der Waals surface area contributed by atoms with Crippen molar-refractivity contribution < 1.29 is 9.53 Å². The minimum absolute atomic E-state index is 0.355. The zero-order valence-corrected chi connectivity index (χ0v) is 18.3. The molecule has 0 aliphatic heterocycles. The SMILES string of the molecule is COC(=O)c1ccncc1NC[C@@H]1CCCc2cc(N(C)c3ccc(C)cn3)ccc21. The van der Waals surface area contributed by atoms with E-state index >= 15 is 0 Å². The molecule has 1 N–H and O–H groups in total. The highest BCUT2D eigenvalue weighted by Gasteiger charge is 2.22. The molecule has 6 nitrogen and oxygen atoms in total. The molecule has 31 heavy (non-hydrogen) atoms. The van der Waals surface area contributed by atoms with Gasteiger partial charge in [-0.05, 0) is 67.1 Å². The summed E-state index contributed by atoms with van der Waals surface area (Å²) in [6, 6.07) is 12.5. The van der Waals surface area contributed by atoms with Crippen molar-refractivity contribution in [2.24, 2.45) is 0 Å². The van der Waals surface area contributed by atoms with Crippen LogP contribution in [0.4, 0.5) is 17.2 Å². The molecule has 1 aliphatic carbocycles. The van der Waals surface area contributed by atoms with E-state index in [1.54, 1.807) is 18.5 Å². The van der Waals surface area contributed by atoms with Gasteiger partial charge in [-0.3, -0.25) is 4.98 Å². The Hall–Kier alpha value is -3.41. The van der Waals surface area contributed by atoms with Gasteiger partial charge < -0.3 is 15.0 Å². The van der Waals surface area contributed by atoms with Crippen LogP contribution in [0.25, 0.3) is 0 Å². The maximum atomic E-state index is 12.0. The average molecular weight is 417 g/mol. The van der Waals surface area contributed by atoms with E-state index < -0.39 is 0 Å². The second kappa shape index (κ2) is 9.16. The van der Waals surface area contributed by atoms with Crippen molar-refractivity contribution >= 4 is 23.2 Å². The van der Waals surface area contributed by atoms with Gasteiger partial charge in [-0.2, -0.15) is 0 Å². The fraction of sp³-hybridized carbons (Fsp3) is 0.320. The average Bonchev–Trinajstić information content (AvgIpc) is 2.82. The Morgan fingerprint density at radius 3 is 2.87 bits per heavy atom. The topological polar surface area (TPSA) is 67.3 Å². The lowest BCUT2D eigenvalue weighted by atomic mass is 9.82. The molecule has 1 atom stereocenters. The lowest BCUT2D eigenvalue weighted by Crippen LogP contribution is -2.20. The highest BCUT2D eigenvalue weighted by molar-refractivity contribution is 5.95. The molecule has 2 heterocycles. The molecule has 0 spiro atoms. The number of carbonyl (C=O) groups excluding carboxylic acids is 1. The van der Waals surface area contributed by atoms with E-state index in [9.17, 15) is 4.79 Å². The van der Waals surface area contributed by atoms with Gasteiger partial charge in [-0.1, -0.05) is 12.1 Å². The Bertz CT molecular complexity index is 1070. The van der Waals surface area contributed by atoms with E-state index in [0.717, 1.165) is 42.9 Å². The number of benzene rings is 1. The Labute approximate surface area is 183 Å². The number of hydrogen-bond donors (Lipinski definition) is 1. The predicted octanol–water partition coefficient (Wildman–Crippen LogP) is 4.87. The van der Waals surface area contributed by atoms with Crippen LogP contribution in [0.2, 0.25) is 0 Å². The van der Waals surface area contributed by atoms with E-state index in [-0.39, 0.29) is 5.97 Å². The molecular formula is C25H28N4O2. The number of nitrogens with one attached hydrogen (secondary N) is 1. The first-order valence-electron chi connectivity index (χ1n) is 10.6. The Balaban J connectivity index is 1.51. The summed E-state index contributed by atoms with van der Waals surface area (Å²) < 4.78 is 4.89. The maximum absolute atomic E-state index is 12.0. The lowest BCUT2D eigenvalue weighted by molar-refractivity contribution is 0.0601. The number of esters is 1. The first-order chi connectivity index (χ1) is 15.1. The summed E-state index contributed by atoms with van der Waals surface area (Å²) in [5.74, 6) is 0.962. The molecule has 2 aromatic heterocycles. The number of rotatable bonds is 6. The zero-order valence-electron chi connectivity index (χ0n) is 18.3. The van der Waals surface area contributed by atoms with Crippen molar-refractivity contribution in [2.45, 2.75) is 32.1 Å². The van der Waals surface area contributed by atoms with Gasteiger partial charge in [-0.15, -0.1) is 0 Å². The quantitative estimate of drug-likeness (QED) is 0.578. The smallest absolute Gasteiger partial charge is 0.340 e. The lowest BCUT2D eigenvalue weighted by Gasteiger charge is -2.28. The molecule has 4 rings (SSSR count). The number of pyridine rings is 2. The molecule has 3 aromatic rings. The van der Waals surface area contributed by atoms with Crippen molar-refractivity contribution in [2.75, 3.05) is 30.9 Å². The third kappa shape index (κ3) is 4.53. The second-order valence-electron chi connectivity index (χ2n) is 8.02. The van der Waals surface area contributed by atoms with Crippen LogP contribution in [0.3, 0.4) is 0 Å². The maximum Gasteiger partial charge on any atom is 0.340 e. The Morgan fingerprint density at radius 1 is 1.23 bits per heavy atom. The normalized spacial score (nSPS) is 15.1. The van der Waals surface area contributed by atoms with Gasteiger partial charge in [0.05, 0.1) is 24.6 Å². The molecular weight excluding hydrogens is 388 g/mol. The summed E-state index contributed by atoms with van der Waals surface area (Å²) in [5.41, 5.74) is 6.27. The molecule has 0 bridgehead atoms. The first kappa shape index (κ1) is 20.8. The van der Waals surface area contributed by atoms with Crippen LogP contribution in [-0.2, 0) is 11.2 Å². The van der Waals surface area contributed by atoms with Gasteiger partial charge in [0, 0.05) is 37.6 Å². The van der Waals surface area contributed by atoms with Crippen molar-refractivity contribution in [1.82, 2.24) is 9.97 Å². The van der Waals surface area contributed by atoms with E-state index in [1.807, 2.05) is 19.2 Å². The van der Waals surface area contributed by atoms with E-state index in [1.165, 1.54) is 18.2 Å². The van der Waals surface area contributed by atoms with Crippen LogP contribution >= 0.6 is 0 Å². The van der Waals surface area contributed by atoms with Gasteiger partial charge in [0.1, 0.15) is 5.82 Å². The third-order valence-electron chi connectivity index (χ3n) is 5.96. The minimum Gasteiger partial charge on any atom is -0.465 e. The molecule has 160 valence electrons. The summed E-state index contributed by atoms with van der Waals surface area (Å²) in [5, 5.41) is 3.42. The molecule has 0 unspecified atom stereocenters. The molecule has 0 saturated heterocycles. The van der Waals surface area contributed by atoms with Crippen molar-refractivity contribution in [3.63, 3.8) is 0 Å². The van der Waals surface area contributed by atoms with E-state index in [4.69, 9.17) is 4.74 Å². The Morgan fingerprint density at radius 2 is 2.10 bits per heavy atom. The number of fused-ring (bicyclic) bond motifs is 1. The molecule has 1 aromatic carbocycles. The standard InChI is InChI=1S/C25H28N4O2/c1-17-7-10-24(28-14-17)29(2)20-8-9-21-18(13-20)5-4-6-19(21)15-27-23-16-26-12-11-22(23)25(30)31-3/h7-14,16,19,27H,4-6,15H2,1-3H3/t19-/m0/s1. The molecule has 0 saturated carbocycles. The van der Waals surface area contributed by atoms with Gasteiger partial charge >= 0.3 is 5.97 Å². The predicted molar refractivity (Wildman–Crippen MR) is 123 cm³/mol. The summed E-state index contributed by atoms with van der Waals surface area (Å²) >= 11 is 0. The van der Waals surface area contributed by atoms with E-state index in [2.05, 4.69) is 51.5 Å². The highest BCUT2D eigenvalue weighted by Crippen LogP contribution is 2.35. The molecule has 0 fully saturated rings. The highest BCUT2D eigenvalue weighted by atomic mass is 16.5. The number of hydrogen-bond acceptors (Lipinski definition) is 6. The Kier molecular flexibility index (Phi) is 6.16. The summed E-state index contributed by atoms with van der Waals surface area (Å²) in [4.78, 5) is 22.8. The molecule has 0 radical (unpaired) electrons. The fourth-order valence-corrected chi connectivity index (χ4v) is 4.17. The second-order valence-corrected chi connectivity index (χ2v) is 8.02. The summed E-state index contributed by atoms with van der Waals surface area (Å²) in [7, 11) is 3.45. The van der Waals surface area contributed by atoms with Crippen molar-refractivity contribution in [3.05, 3.63) is 77.2 Å². The molecule has 1 aliphatic rings. The number of aryl methyl sites for hydroxylation is 2. The van der Waals surface area contributed by atoms with Crippen molar-refractivity contribution in [1.29, 1.82) is 0 Å². The first-order valence-corrected chi connectivity index (χ1v) is 10.6. The number of nitrogens with zero attached hydrogens (tertiary/aromatic N) is 3. The van der Waals surface area contributed by atoms with Gasteiger partial charge in [0.25, 0.3) is 0 Å². The van der Waals surface area contributed by atoms with Gasteiger partial charge in [0.2, 0.25) is 0 Å². The monoisotopic (exact) mass is 416 g/mol. The van der Waals surface area contributed by atoms with Crippen LogP contribution in [0.1, 0.15) is 45.8 Å². The van der Waals surface area contributed by atoms with Crippen LogP contribution in [0, 0.1) is 6.92 Å².